The average Bonchev–Trinajstić information content (AvgIpc) is 3.26. The van der Waals surface area contributed by atoms with E-state index in [1.807, 2.05) is 0 Å². The van der Waals surface area contributed by atoms with Gasteiger partial charge in [0, 0.05) is 46.4 Å². The summed E-state index contributed by atoms with van der Waals surface area (Å²) in [5.74, 6) is -5.65. The van der Waals surface area contributed by atoms with Crippen molar-refractivity contribution in [2.24, 2.45) is 0 Å². The topological polar surface area (TPSA) is 380 Å². The Morgan fingerprint density at radius 2 is 0.766 bits per heavy atom. The highest BCUT2D eigenvalue weighted by atomic mass is 127. The smallest absolute Gasteiger partial charge is 0.256 e. The number of anilines is 2. The molecule has 0 spiro atoms. The third-order valence-electron chi connectivity index (χ3n) is 8.56. The molecule has 358 valence electrons. The molecule has 0 bridgehead atoms. The highest BCUT2D eigenvalue weighted by Gasteiger charge is 2.34. The zero-order valence-electron chi connectivity index (χ0n) is 32.9. The van der Waals surface area contributed by atoms with E-state index in [9.17, 15) is 84.9 Å². The van der Waals surface area contributed by atoms with Crippen LogP contribution in [0, 0.1) is 21.4 Å². The van der Waals surface area contributed by atoms with E-state index in [0.29, 0.717) is 0 Å². The van der Waals surface area contributed by atoms with Crippen LogP contribution in [0.1, 0.15) is 41.4 Å². The van der Waals surface area contributed by atoms with Gasteiger partial charge in [0.15, 0.2) is 12.2 Å². The van der Waals surface area contributed by atoms with Crippen molar-refractivity contribution in [2.45, 2.75) is 30.5 Å². The lowest BCUT2D eigenvalue weighted by atomic mass is 10.1. The van der Waals surface area contributed by atoms with Crippen molar-refractivity contribution in [3.8, 4) is 0 Å². The molecule has 0 heterocycles. The largest absolute Gasteiger partial charge is 0.395 e. The van der Waals surface area contributed by atoms with Gasteiger partial charge in [-0.2, -0.15) is 0 Å². The molecule has 2 aromatic carbocycles. The molecule has 0 radical (unpaired) electrons. The van der Waals surface area contributed by atoms with Gasteiger partial charge in [-0.1, -0.05) is 0 Å². The molecule has 0 fully saturated rings. The minimum absolute atomic E-state index is 0.0184. The van der Waals surface area contributed by atoms with Gasteiger partial charge in [-0.15, -0.1) is 0 Å². The summed E-state index contributed by atoms with van der Waals surface area (Å²) < 4.78 is 0.274. The quantitative estimate of drug-likeness (QED) is 0.0466. The summed E-state index contributed by atoms with van der Waals surface area (Å²) in [6, 6.07) is 0. The summed E-state index contributed by atoms with van der Waals surface area (Å²) in [5, 5.41) is 118. The SMILES string of the molecule is O=C(NCC(O)CNC(=O)c1c(I)c(NC(=O)C(O)CO)c(I)c(C(=O)N(CCO)CC(O)CO)c1I)c1c(I)c(NC(=O)C(O)CO)c(I)c(C(=O)N(CCO)CC(O)CO)c1I. The van der Waals surface area contributed by atoms with Crippen molar-refractivity contribution in [2.75, 3.05) is 89.5 Å². The lowest BCUT2D eigenvalue weighted by Crippen LogP contribution is -2.43. The average molecular weight is 1580 g/mol. The van der Waals surface area contributed by atoms with Gasteiger partial charge in [-0.05, 0) is 136 Å². The number of aliphatic hydroxyl groups is 11. The molecule has 0 aliphatic carbocycles. The van der Waals surface area contributed by atoms with E-state index >= 15 is 0 Å². The van der Waals surface area contributed by atoms with Crippen LogP contribution in [0.15, 0.2) is 0 Å². The van der Waals surface area contributed by atoms with Crippen molar-refractivity contribution in [1.82, 2.24) is 20.4 Å². The Morgan fingerprint density at radius 3 is 1.05 bits per heavy atom. The van der Waals surface area contributed by atoms with E-state index in [1.54, 1.807) is 136 Å². The molecule has 23 nitrogen and oxygen atoms in total. The van der Waals surface area contributed by atoms with E-state index in [2.05, 4.69) is 21.3 Å². The Hall–Kier alpha value is -0.800. The van der Waals surface area contributed by atoms with Crippen molar-refractivity contribution in [3.63, 3.8) is 0 Å². The Morgan fingerprint density at radius 1 is 0.453 bits per heavy atom. The van der Waals surface area contributed by atoms with Gasteiger partial charge < -0.3 is 87.2 Å². The second-order valence-corrected chi connectivity index (χ2v) is 19.7. The maximum absolute atomic E-state index is 13.9. The number of rotatable bonds is 24. The van der Waals surface area contributed by atoms with Crippen LogP contribution in [0.5, 0.6) is 0 Å². The summed E-state index contributed by atoms with van der Waals surface area (Å²) in [6.45, 7) is -7.06. The van der Waals surface area contributed by atoms with Crippen molar-refractivity contribution >= 4 is 182 Å². The summed E-state index contributed by atoms with van der Waals surface area (Å²) >= 11 is 10.3. The van der Waals surface area contributed by atoms with Crippen LogP contribution in [-0.4, -0.2) is 211 Å². The molecule has 0 aromatic heterocycles. The highest BCUT2D eigenvalue weighted by Crippen LogP contribution is 2.38. The number of hydrogen-bond donors (Lipinski definition) is 15. The minimum Gasteiger partial charge on any atom is -0.395 e. The van der Waals surface area contributed by atoms with Crippen molar-refractivity contribution in [3.05, 3.63) is 43.7 Å². The van der Waals surface area contributed by atoms with Gasteiger partial charge >= 0.3 is 0 Å². The zero-order chi connectivity index (χ0) is 48.7. The zero-order valence-corrected chi connectivity index (χ0v) is 45.8. The fourth-order valence-corrected chi connectivity index (χ4v) is 14.1. The van der Waals surface area contributed by atoms with Crippen molar-refractivity contribution in [1.29, 1.82) is 0 Å². The third kappa shape index (κ3) is 15.6. The van der Waals surface area contributed by atoms with E-state index in [0.717, 1.165) is 9.80 Å². The normalized spacial score (nSPS) is 13.6. The van der Waals surface area contributed by atoms with Crippen LogP contribution in [0.25, 0.3) is 0 Å². The lowest BCUT2D eigenvalue weighted by molar-refractivity contribution is -0.126. The first-order valence-corrected chi connectivity index (χ1v) is 24.8. The number of nitrogens with one attached hydrogen (secondary N) is 4. The number of nitrogens with zero attached hydrogens (tertiary/aromatic N) is 2. The molecule has 29 heteroatoms. The van der Waals surface area contributed by atoms with E-state index in [-0.39, 0.29) is 68.1 Å². The Labute approximate surface area is 446 Å². The van der Waals surface area contributed by atoms with Gasteiger partial charge in [0.2, 0.25) is 0 Å². The van der Waals surface area contributed by atoms with Crippen LogP contribution in [0.3, 0.4) is 0 Å². The fourth-order valence-electron chi connectivity index (χ4n) is 5.30. The number of aliphatic hydroxyl groups excluding tert-OH is 11. The molecule has 0 saturated heterocycles. The molecule has 4 unspecified atom stereocenters. The van der Waals surface area contributed by atoms with E-state index < -0.39 is 132 Å². The summed E-state index contributed by atoms with van der Waals surface area (Å²) in [5.41, 5.74) is -1.03. The highest BCUT2D eigenvalue weighted by molar-refractivity contribution is 14.1. The van der Waals surface area contributed by atoms with Gasteiger partial charge in [0.1, 0.15) is 0 Å². The van der Waals surface area contributed by atoms with Crippen LogP contribution in [0.4, 0.5) is 11.4 Å². The number of halogens is 6. The Bertz CT molecular complexity index is 1900. The first kappa shape index (κ1) is 59.3. The molecule has 0 aliphatic rings. The summed E-state index contributed by atoms with van der Waals surface area (Å²) in [6.07, 6.45) is -8.13. The molecule has 2 aromatic rings. The molecule has 15 N–H and O–H groups in total. The van der Waals surface area contributed by atoms with Crippen LogP contribution in [0.2, 0.25) is 0 Å². The molecular formula is C35H44I6N6O17. The number of amides is 6. The minimum atomic E-state index is -1.90. The number of carbonyl (C=O) groups excluding carboxylic acids is 6. The third-order valence-corrected chi connectivity index (χ3v) is 15.0. The first-order valence-electron chi connectivity index (χ1n) is 18.3. The molecule has 4 atom stereocenters. The van der Waals surface area contributed by atoms with Gasteiger partial charge in [0.05, 0.1) is 106 Å². The Kier molecular flexibility index (Phi) is 26.5. The predicted octanol–water partition coefficient (Wildman–Crippen LogP) is -3.01. The van der Waals surface area contributed by atoms with Gasteiger partial charge in [-0.25, -0.2) is 0 Å². The first-order chi connectivity index (χ1) is 30.1. The molecular weight excluding hydrogens is 1540 g/mol. The number of carbonyl (C=O) groups is 6. The number of benzene rings is 2. The predicted molar refractivity (Wildman–Crippen MR) is 275 cm³/mol. The monoisotopic (exact) mass is 1580 g/mol. The number of hydrogen-bond acceptors (Lipinski definition) is 17. The summed E-state index contributed by atoms with van der Waals surface area (Å²) in [4.78, 5) is 83.1. The van der Waals surface area contributed by atoms with Crippen LogP contribution in [-0.2, 0) is 9.59 Å². The molecule has 64 heavy (non-hydrogen) atoms. The maximum Gasteiger partial charge on any atom is 0.256 e. The standard InChI is InChI=1S/C35H44I6N6O17/c36-22-18(24(38)28(44-30(59)16(57)11-52)26(40)20(22)34(63)46(1-3-48)7-14(55)9-50)32(61)42-5-13(54)6-43-33(62)19-23(37)21(35(64)47(2-4-49)8-15(56)10-51)27(41)29(25(19)39)45-31(60)17(58)12-53/h13-17,48-58H,1-12H2,(H,42,61)(H,43,62)(H,44,59)(H,45,60). The van der Waals surface area contributed by atoms with E-state index in [4.69, 9.17) is 0 Å². The van der Waals surface area contributed by atoms with Crippen LogP contribution < -0.4 is 21.3 Å². The van der Waals surface area contributed by atoms with E-state index in [1.165, 1.54) is 0 Å². The lowest BCUT2D eigenvalue weighted by Gasteiger charge is -2.27. The second-order valence-electron chi connectivity index (χ2n) is 13.2. The van der Waals surface area contributed by atoms with Gasteiger partial charge in [0.25, 0.3) is 35.4 Å². The molecule has 0 aliphatic heterocycles. The van der Waals surface area contributed by atoms with Gasteiger partial charge in [-0.3, -0.25) is 28.8 Å². The van der Waals surface area contributed by atoms with Crippen LogP contribution >= 0.6 is 136 Å². The molecule has 2 rings (SSSR count). The fraction of sp³-hybridized carbons (Fsp3) is 0.486. The Balaban J connectivity index is 2.57. The summed E-state index contributed by atoms with van der Waals surface area (Å²) in [7, 11) is 0. The van der Waals surface area contributed by atoms with Crippen molar-refractivity contribution < 1.29 is 84.9 Å². The second kappa shape index (κ2) is 28.6. The molecule has 6 amide bonds. The maximum atomic E-state index is 13.9. The molecule has 0 saturated carbocycles.